The molecule has 0 spiro atoms. The Hall–Kier alpha value is -1.28. The third-order valence-corrected chi connectivity index (χ3v) is 2.62. The van der Waals surface area contributed by atoms with Crippen LogP contribution < -0.4 is 0 Å². The van der Waals surface area contributed by atoms with Crippen LogP contribution in [0, 0.1) is 0 Å². The molecule has 2 heterocycles. The van der Waals surface area contributed by atoms with E-state index >= 15 is 0 Å². The van der Waals surface area contributed by atoms with Crippen molar-refractivity contribution in [2.45, 2.75) is 13.5 Å². The minimum Gasteiger partial charge on any atom is -0.346 e. The van der Waals surface area contributed by atoms with E-state index in [4.69, 9.17) is 11.6 Å². The second-order valence-corrected chi connectivity index (χ2v) is 3.50. The number of fused-ring (bicyclic) bond motifs is 1. The Morgan fingerprint density at radius 1 is 1.57 bits per heavy atom. The van der Waals surface area contributed by atoms with Gasteiger partial charge in [0.2, 0.25) is 0 Å². The zero-order chi connectivity index (χ0) is 10.1. The van der Waals surface area contributed by atoms with Gasteiger partial charge in [-0.05, 0) is 6.92 Å². The molecule has 0 aliphatic heterocycles. The molecule has 3 heteroatoms. The van der Waals surface area contributed by atoms with Crippen molar-refractivity contribution in [2.24, 2.45) is 0 Å². The Morgan fingerprint density at radius 2 is 2.36 bits per heavy atom. The summed E-state index contributed by atoms with van der Waals surface area (Å²) >= 11 is 6.09. The molecule has 14 heavy (non-hydrogen) atoms. The fourth-order valence-corrected chi connectivity index (χ4v) is 1.89. The lowest BCUT2D eigenvalue weighted by Crippen LogP contribution is -1.93. The highest BCUT2D eigenvalue weighted by atomic mass is 35.5. The Kier molecular flexibility index (Phi) is 2.30. The molecule has 0 aromatic carbocycles. The van der Waals surface area contributed by atoms with Crippen molar-refractivity contribution in [2.75, 3.05) is 0 Å². The maximum atomic E-state index is 6.09. The van der Waals surface area contributed by atoms with E-state index in [1.54, 1.807) is 18.5 Å². The first-order valence-corrected chi connectivity index (χ1v) is 4.90. The normalized spacial score (nSPS) is 10.7. The summed E-state index contributed by atoms with van der Waals surface area (Å²) in [4.78, 5) is 4.12. The number of aryl methyl sites for hydroxylation is 1. The van der Waals surface area contributed by atoms with Crippen LogP contribution in [-0.4, -0.2) is 9.55 Å². The minimum atomic E-state index is 0.748. The molecule has 2 rings (SSSR count). The van der Waals surface area contributed by atoms with E-state index in [-0.39, 0.29) is 0 Å². The van der Waals surface area contributed by atoms with E-state index in [0.717, 1.165) is 28.0 Å². The van der Waals surface area contributed by atoms with Gasteiger partial charge in [-0.15, -0.1) is 0 Å². The van der Waals surface area contributed by atoms with Crippen LogP contribution in [-0.2, 0) is 6.54 Å². The van der Waals surface area contributed by atoms with Crippen LogP contribution in [0.2, 0.25) is 5.02 Å². The number of nitrogens with zero attached hydrogens (tertiary/aromatic N) is 2. The van der Waals surface area contributed by atoms with Crippen molar-refractivity contribution in [1.29, 1.82) is 0 Å². The summed E-state index contributed by atoms with van der Waals surface area (Å²) in [6, 6.07) is 0. The van der Waals surface area contributed by atoms with Crippen molar-refractivity contribution in [3.63, 3.8) is 0 Å². The molecule has 2 nitrogen and oxygen atoms in total. The lowest BCUT2D eigenvalue weighted by molar-refractivity contribution is 0.797. The summed E-state index contributed by atoms with van der Waals surface area (Å²) < 4.78 is 2.11. The standard InChI is InChI=1S/C11H11ClN2/c1-3-8-5-13-6-9-10(12)7-14(4-2)11(8)9/h3,5-7H,1,4H2,2H3. The smallest absolute Gasteiger partial charge is 0.0677 e. The largest absolute Gasteiger partial charge is 0.346 e. The van der Waals surface area contributed by atoms with Gasteiger partial charge in [0.1, 0.15) is 0 Å². The summed E-state index contributed by atoms with van der Waals surface area (Å²) in [6.07, 6.45) is 7.33. The second kappa shape index (κ2) is 3.46. The zero-order valence-corrected chi connectivity index (χ0v) is 8.75. The molecule has 0 unspecified atom stereocenters. The Labute approximate surface area is 87.8 Å². The van der Waals surface area contributed by atoms with Crippen LogP contribution in [0.5, 0.6) is 0 Å². The Morgan fingerprint density at radius 3 is 3.00 bits per heavy atom. The second-order valence-electron chi connectivity index (χ2n) is 3.09. The number of hydrogen-bond donors (Lipinski definition) is 0. The molecule has 0 atom stereocenters. The predicted octanol–water partition coefficient (Wildman–Crippen LogP) is 3.35. The summed E-state index contributed by atoms with van der Waals surface area (Å²) in [7, 11) is 0. The summed E-state index contributed by atoms with van der Waals surface area (Å²) in [6.45, 7) is 6.75. The van der Waals surface area contributed by atoms with Gasteiger partial charge in [-0.2, -0.15) is 0 Å². The monoisotopic (exact) mass is 206 g/mol. The molecule has 0 aliphatic carbocycles. The molecule has 0 bridgehead atoms. The van der Waals surface area contributed by atoms with Crippen molar-refractivity contribution >= 4 is 28.6 Å². The quantitative estimate of drug-likeness (QED) is 0.737. The van der Waals surface area contributed by atoms with Crippen LogP contribution in [0.1, 0.15) is 12.5 Å². The van der Waals surface area contributed by atoms with Crippen LogP contribution in [0.4, 0.5) is 0 Å². The molecule has 0 saturated carbocycles. The summed E-state index contributed by atoms with van der Waals surface area (Å²) in [5.41, 5.74) is 2.14. The van der Waals surface area contributed by atoms with Crippen LogP contribution in [0.25, 0.3) is 17.0 Å². The molecule has 2 aromatic heterocycles. The summed E-state index contributed by atoms with van der Waals surface area (Å²) in [5.74, 6) is 0. The molecule has 2 aromatic rings. The molecule has 0 radical (unpaired) electrons. The van der Waals surface area contributed by atoms with Crippen molar-refractivity contribution in [3.05, 3.63) is 35.8 Å². The lowest BCUT2D eigenvalue weighted by atomic mass is 10.2. The molecule has 72 valence electrons. The van der Waals surface area contributed by atoms with Crippen LogP contribution in [0.15, 0.2) is 25.2 Å². The van der Waals surface area contributed by atoms with Crippen molar-refractivity contribution < 1.29 is 0 Å². The Bertz CT molecular complexity index is 485. The molecular weight excluding hydrogens is 196 g/mol. The first kappa shape index (κ1) is 9.28. The molecule has 0 aliphatic rings. The number of aromatic nitrogens is 2. The maximum Gasteiger partial charge on any atom is 0.0677 e. The van der Waals surface area contributed by atoms with Crippen LogP contribution >= 0.6 is 11.6 Å². The zero-order valence-electron chi connectivity index (χ0n) is 8.00. The number of hydrogen-bond acceptors (Lipinski definition) is 1. The lowest BCUT2D eigenvalue weighted by Gasteiger charge is -2.02. The molecule has 0 amide bonds. The van der Waals surface area contributed by atoms with Gasteiger partial charge in [0, 0.05) is 36.1 Å². The fraction of sp³-hybridized carbons (Fsp3) is 0.182. The average Bonchev–Trinajstić information content (AvgIpc) is 2.56. The van der Waals surface area contributed by atoms with Gasteiger partial charge in [0.15, 0.2) is 0 Å². The first-order valence-electron chi connectivity index (χ1n) is 4.52. The first-order chi connectivity index (χ1) is 6.77. The van der Waals surface area contributed by atoms with Gasteiger partial charge >= 0.3 is 0 Å². The van der Waals surface area contributed by atoms with Crippen molar-refractivity contribution in [3.8, 4) is 0 Å². The maximum absolute atomic E-state index is 6.09. The van der Waals surface area contributed by atoms with Gasteiger partial charge in [-0.25, -0.2) is 0 Å². The topological polar surface area (TPSA) is 17.8 Å². The van der Waals surface area contributed by atoms with E-state index in [1.165, 1.54) is 0 Å². The van der Waals surface area contributed by atoms with Crippen LogP contribution in [0.3, 0.4) is 0 Å². The van der Waals surface area contributed by atoms with Crippen molar-refractivity contribution in [1.82, 2.24) is 9.55 Å². The van der Waals surface area contributed by atoms with Gasteiger partial charge in [0.05, 0.1) is 10.5 Å². The SMILES string of the molecule is C=Cc1cncc2c(Cl)cn(CC)c12. The highest BCUT2D eigenvalue weighted by molar-refractivity contribution is 6.35. The van der Waals surface area contributed by atoms with Gasteiger partial charge < -0.3 is 4.57 Å². The molecule has 0 saturated heterocycles. The average molecular weight is 207 g/mol. The van der Waals surface area contributed by atoms with Gasteiger partial charge in [-0.1, -0.05) is 24.3 Å². The number of halogens is 1. The fourth-order valence-electron chi connectivity index (χ4n) is 1.63. The predicted molar refractivity (Wildman–Crippen MR) is 60.5 cm³/mol. The van der Waals surface area contributed by atoms with E-state index in [9.17, 15) is 0 Å². The van der Waals surface area contributed by atoms with Gasteiger partial charge in [-0.3, -0.25) is 4.98 Å². The number of pyridine rings is 1. The minimum absolute atomic E-state index is 0.748. The number of rotatable bonds is 2. The molecule has 0 fully saturated rings. The highest BCUT2D eigenvalue weighted by Gasteiger charge is 2.08. The van der Waals surface area contributed by atoms with Gasteiger partial charge in [0.25, 0.3) is 0 Å². The van der Waals surface area contributed by atoms with E-state index in [1.807, 2.05) is 6.20 Å². The van der Waals surface area contributed by atoms with E-state index in [2.05, 4.69) is 23.1 Å². The third-order valence-electron chi connectivity index (χ3n) is 2.32. The molecule has 0 N–H and O–H groups in total. The van der Waals surface area contributed by atoms with E-state index in [0.29, 0.717) is 0 Å². The van der Waals surface area contributed by atoms with E-state index < -0.39 is 0 Å². The highest BCUT2D eigenvalue weighted by Crippen LogP contribution is 2.27. The third kappa shape index (κ3) is 1.23. The summed E-state index contributed by atoms with van der Waals surface area (Å²) in [5, 5.41) is 1.74. The molecular formula is C11H11ClN2. The Balaban J connectivity index is 2.89.